The van der Waals surface area contributed by atoms with Gasteiger partial charge in [0.05, 0.1) is 10.9 Å². The van der Waals surface area contributed by atoms with Crippen molar-refractivity contribution in [1.29, 1.82) is 0 Å². The molecule has 138 valence electrons. The van der Waals surface area contributed by atoms with Gasteiger partial charge in [-0.2, -0.15) is 5.10 Å². The van der Waals surface area contributed by atoms with Crippen LogP contribution in [0.5, 0.6) is 5.75 Å². The molecule has 0 aliphatic carbocycles. The van der Waals surface area contributed by atoms with Gasteiger partial charge in [0, 0.05) is 16.7 Å². The van der Waals surface area contributed by atoms with Crippen LogP contribution in [0.3, 0.4) is 0 Å². The van der Waals surface area contributed by atoms with E-state index in [1.165, 1.54) is 0 Å². The summed E-state index contributed by atoms with van der Waals surface area (Å²) in [5.74, 6) is 0.452. The normalized spacial score (nSPS) is 11.4. The predicted molar refractivity (Wildman–Crippen MR) is 106 cm³/mol. The SMILES string of the molecule is CC(CC(=O)NCC(C)C)=NNC(=O)COc1cc(C)c(Br)cc1Br. The number of ether oxygens (including phenoxy) is 1. The second-order valence-corrected chi connectivity index (χ2v) is 7.79. The Morgan fingerprint density at radius 3 is 2.52 bits per heavy atom. The highest BCUT2D eigenvalue weighted by Gasteiger charge is 2.09. The molecule has 0 atom stereocenters. The lowest BCUT2D eigenvalue weighted by Crippen LogP contribution is -2.30. The first-order chi connectivity index (χ1) is 11.7. The summed E-state index contributed by atoms with van der Waals surface area (Å²) in [7, 11) is 0. The molecular formula is C17H23Br2N3O3. The lowest BCUT2D eigenvalue weighted by Gasteiger charge is -2.10. The van der Waals surface area contributed by atoms with Gasteiger partial charge in [-0.1, -0.05) is 29.8 Å². The number of carbonyl (C=O) groups is 2. The highest BCUT2D eigenvalue weighted by Crippen LogP contribution is 2.31. The van der Waals surface area contributed by atoms with E-state index in [1.807, 2.05) is 32.9 Å². The topological polar surface area (TPSA) is 79.8 Å². The maximum atomic E-state index is 11.8. The zero-order valence-electron chi connectivity index (χ0n) is 14.8. The number of hydrogen-bond acceptors (Lipinski definition) is 4. The minimum Gasteiger partial charge on any atom is -0.483 e. The summed E-state index contributed by atoms with van der Waals surface area (Å²) in [5.41, 5.74) is 3.91. The van der Waals surface area contributed by atoms with Gasteiger partial charge in [-0.25, -0.2) is 5.43 Å². The number of rotatable bonds is 8. The second kappa shape index (κ2) is 10.6. The molecule has 8 heteroatoms. The third-order valence-electron chi connectivity index (χ3n) is 3.07. The van der Waals surface area contributed by atoms with Crippen LogP contribution in [-0.2, 0) is 9.59 Å². The number of halogens is 2. The van der Waals surface area contributed by atoms with Crippen molar-refractivity contribution >= 4 is 49.4 Å². The molecule has 6 nitrogen and oxygen atoms in total. The molecule has 0 radical (unpaired) electrons. The number of hydrazone groups is 1. The van der Waals surface area contributed by atoms with Gasteiger partial charge in [0.1, 0.15) is 5.75 Å². The fourth-order valence-electron chi connectivity index (χ4n) is 1.73. The summed E-state index contributed by atoms with van der Waals surface area (Å²) in [6.07, 6.45) is 0.144. The number of nitrogens with zero attached hydrogens (tertiary/aromatic N) is 1. The molecule has 0 aliphatic rings. The predicted octanol–water partition coefficient (Wildman–Crippen LogP) is 3.55. The third-order valence-corrected chi connectivity index (χ3v) is 4.54. The molecule has 0 aromatic heterocycles. The average molecular weight is 477 g/mol. The molecule has 0 fully saturated rings. The fraction of sp³-hybridized carbons (Fsp3) is 0.471. The van der Waals surface area contributed by atoms with E-state index in [9.17, 15) is 9.59 Å². The molecule has 0 unspecified atom stereocenters. The van der Waals surface area contributed by atoms with E-state index in [-0.39, 0.29) is 18.9 Å². The van der Waals surface area contributed by atoms with Crippen LogP contribution in [0.25, 0.3) is 0 Å². The standard InChI is InChI=1S/C17H23Br2N3O3/c1-10(2)8-20-16(23)6-12(4)21-22-17(24)9-25-15-5-11(3)13(18)7-14(15)19/h5,7,10H,6,8-9H2,1-4H3,(H,20,23)(H,22,24). The summed E-state index contributed by atoms with van der Waals surface area (Å²) in [6, 6.07) is 3.69. The van der Waals surface area contributed by atoms with E-state index in [2.05, 4.69) is 47.7 Å². The lowest BCUT2D eigenvalue weighted by molar-refractivity contribution is -0.123. The Hall–Kier alpha value is -1.41. The summed E-state index contributed by atoms with van der Waals surface area (Å²) >= 11 is 6.81. The second-order valence-electron chi connectivity index (χ2n) is 6.08. The maximum absolute atomic E-state index is 11.8. The van der Waals surface area contributed by atoms with Crippen LogP contribution >= 0.6 is 31.9 Å². The van der Waals surface area contributed by atoms with Gasteiger partial charge in [0.25, 0.3) is 5.91 Å². The van der Waals surface area contributed by atoms with E-state index in [0.29, 0.717) is 23.9 Å². The molecule has 0 saturated heterocycles. The monoisotopic (exact) mass is 475 g/mol. The minimum absolute atomic E-state index is 0.116. The van der Waals surface area contributed by atoms with Crippen LogP contribution < -0.4 is 15.5 Å². The lowest BCUT2D eigenvalue weighted by atomic mass is 10.2. The molecule has 0 saturated carbocycles. The van der Waals surface area contributed by atoms with Crippen LogP contribution in [0.1, 0.15) is 32.8 Å². The summed E-state index contributed by atoms with van der Waals surface area (Å²) < 4.78 is 7.18. The zero-order valence-corrected chi connectivity index (χ0v) is 18.0. The Labute approximate surface area is 165 Å². The number of amides is 2. The van der Waals surface area contributed by atoms with E-state index >= 15 is 0 Å². The molecule has 0 aliphatic heterocycles. The minimum atomic E-state index is -0.394. The van der Waals surface area contributed by atoms with E-state index < -0.39 is 5.91 Å². The molecule has 2 N–H and O–H groups in total. The van der Waals surface area contributed by atoms with Crippen LogP contribution in [0.2, 0.25) is 0 Å². The number of benzene rings is 1. The Morgan fingerprint density at radius 1 is 1.20 bits per heavy atom. The quantitative estimate of drug-likeness (QED) is 0.444. The van der Waals surface area contributed by atoms with E-state index in [0.717, 1.165) is 14.5 Å². The van der Waals surface area contributed by atoms with Crippen molar-refractivity contribution in [2.24, 2.45) is 11.0 Å². The van der Waals surface area contributed by atoms with Gasteiger partial charge in [0.2, 0.25) is 5.91 Å². The van der Waals surface area contributed by atoms with Gasteiger partial charge in [-0.3, -0.25) is 9.59 Å². The largest absolute Gasteiger partial charge is 0.483 e. The molecule has 1 aromatic rings. The smallest absolute Gasteiger partial charge is 0.277 e. The van der Waals surface area contributed by atoms with Gasteiger partial charge in [-0.05, 0) is 53.4 Å². The summed E-state index contributed by atoms with van der Waals surface area (Å²) in [5, 5.41) is 6.71. The number of aryl methyl sites for hydroxylation is 1. The summed E-state index contributed by atoms with van der Waals surface area (Å²) in [6.45, 7) is 8.11. The maximum Gasteiger partial charge on any atom is 0.277 e. The molecular weight excluding hydrogens is 454 g/mol. The Bertz CT molecular complexity index is 661. The van der Waals surface area contributed by atoms with Crippen LogP contribution in [0.15, 0.2) is 26.2 Å². The number of nitrogens with one attached hydrogen (secondary N) is 2. The van der Waals surface area contributed by atoms with Crippen molar-refractivity contribution in [3.05, 3.63) is 26.6 Å². The third kappa shape index (κ3) is 8.49. The van der Waals surface area contributed by atoms with Crippen molar-refractivity contribution in [2.45, 2.75) is 34.1 Å². The van der Waals surface area contributed by atoms with Gasteiger partial charge in [0.15, 0.2) is 6.61 Å². The molecule has 0 bridgehead atoms. The van der Waals surface area contributed by atoms with Gasteiger partial charge in [-0.15, -0.1) is 0 Å². The molecule has 1 aromatic carbocycles. The number of carbonyl (C=O) groups excluding carboxylic acids is 2. The first-order valence-corrected chi connectivity index (χ1v) is 9.44. The van der Waals surface area contributed by atoms with Crippen LogP contribution in [0, 0.1) is 12.8 Å². The molecule has 1 rings (SSSR count). The number of hydrogen-bond donors (Lipinski definition) is 2. The Balaban J connectivity index is 2.44. The zero-order chi connectivity index (χ0) is 19.0. The van der Waals surface area contributed by atoms with E-state index in [1.54, 1.807) is 6.92 Å². The Kier molecular flexibility index (Phi) is 9.13. The highest BCUT2D eigenvalue weighted by atomic mass is 79.9. The highest BCUT2D eigenvalue weighted by molar-refractivity contribution is 9.11. The van der Waals surface area contributed by atoms with Crippen molar-refractivity contribution < 1.29 is 14.3 Å². The first-order valence-electron chi connectivity index (χ1n) is 7.86. The van der Waals surface area contributed by atoms with Crippen molar-refractivity contribution in [3.63, 3.8) is 0 Å². The van der Waals surface area contributed by atoms with E-state index in [4.69, 9.17) is 4.74 Å². The van der Waals surface area contributed by atoms with Gasteiger partial charge < -0.3 is 10.1 Å². The molecule has 2 amide bonds. The Morgan fingerprint density at radius 2 is 1.88 bits per heavy atom. The molecule has 0 heterocycles. The molecule has 25 heavy (non-hydrogen) atoms. The van der Waals surface area contributed by atoms with Gasteiger partial charge >= 0.3 is 0 Å². The van der Waals surface area contributed by atoms with Crippen molar-refractivity contribution in [3.8, 4) is 5.75 Å². The first kappa shape index (κ1) is 21.6. The van der Waals surface area contributed by atoms with Crippen LogP contribution in [-0.4, -0.2) is 30.7 Å². The average Bonchev–Trinajstić information content (AvgIpc) is 2.53. The van der Waals surface area contributed by atoms with Crippen molar-refractivity contribution in [1.82, 2.24) is 10.7 Å². The summed E-state index contributed by atoms with van der Waals surface area (Å²) in [4.78, 5) is 23.5. The van der Waals surface area contributed by atoms with Crippen LogP contribution in [0.4, 0.5) is 0 Å². The molecule has 0 spiro atoms. The fourth-order valence-corrected chi connectivity index (χ4v) is 2.84. The van der Waals surface area contributed by atoms with Crippen molar-refractivity contribution in [2.75, 3.05) is 13.2 Å².